The number of benzene rings is 2. The van der Waals surface area contributed by atoms with Crippen LogP contribution in [0.3, 0.4) is 0 Å². The van der Waals surface area contributed by atoms with Crippen LogP contribution < -0.4 is 10.2 Å². The van der Waals surface area contributed by atoms with Gasteiger partial charge in [0.15, 0.2) is 5.85 Å². The van der Waals surface area contributed by atoms with E-state index in [-0.39, 0.29) is 12.2 Å². The summed E-state index contributed by atoms with van der Waals surface area (Å²) in [6.45, 7) is 1.84. The van der Waals surface area contributed by atoms with Gasteiger partial charge < -0.3 is 14.5 Å². The zero-order valence-electron chi connectivity index (χ0n) is 13.4. The molecule has 0 aliphatic rings. The molecule has 2 aromatic rings. The minimum Gasteiger partial charge on any atom is -0.378 e. The number of hydrogen-bond acceptors (Lipinski definition) is 4. The minimum atomic E-state index is -3.66. The van der Waals surface area contributed by atoms with Gasteiger partial charge in [-0.25, -0.2) is 4.39 Å². The van der Waals surface area contributed by atoms with E-state index in [4.69, 9.17) is 4.52 Å². The van der Waals surface area contributed by atoms with Gasteiger partial charge in [-0.2, -0.15) is 0 Å². The Kier molecular flexibility index (Phi) is 5.58. The number of rotatable bonds is 6. The fourth-order valence-electron chi connectivity index (χ4n) is 2.30. The lowest BCUT2D eigenvalue weighted by atomic mass is 10.2. The molecule has 0 radical (unpaired) electrons. The van der Waals surface area contributed by atoms with E-state index in [0.717, 1.165) is 5.69 Å². The predicted octanol–water partition coefficient (Wildman–Crippen LogP) is 3.52. The van der Waals surface area contributed by atoms with Crippen LogP contribution in [-0.2, 0) is 9.09 Å². The highest BCUT2D eigenvalue weighted by Gasteiger charge is 2.37. The summed E-state index contributed by atoms with van der Waals surface area (Å²) in [4.78, 5) is 1.91. The van der Waals surface area contributed by atoms with Crippen LogP contribution in [0, 0.1) is 5.82 Å². The molecule has 0 unspecified atom stereocenters. The molecular weight excluding hydrogens is 316 g/mol. The summed E-state index contributed by atoms with van der Waals surface area (Å²) in [5, 5.41) is 10.9. The molecule has 0 saturated carbocycles. The van der Waals surface area contributed by atoms with Gasteiger partial charge in [-0.05, 0) is 37.3 Å². The maximum atomic E-state index is 14.0. The summed E-state index contributed by atoms with van der Waals surface area (Å²) in [5.41, 5.74) is 0.901. The largest absolute Gasteiger partial charge is 0.378 e. The second kappa shape index (κ2) is 7.26. The van der Waals surface area contributed by atoms with Gasteiger partial charge in [0.2, 0.25) is 0 Å². The fraction of sp³-hybridized carbons (Fsp3) is 0.294. The normalized spacial score (nSPS) is 15.0. The Morgan fingerprint density at radius 1 is 1.17 bits per heavy atom. The molecule has 6 heteroatoms. The van der Waals surface area contributed by atoms with Crippen LogP contribution in [0.2, 0.25) is 0 Å². The van der Waals surface area contributed by atoms with E-state index >= 15 is 0 Å². The number of anilines is 1. The van der Waals surface area contributed by atoms with Crippen molar-refractivity contribution in [2.75, 3.05) is 25.6 Å². The van der Waals surface area contributed by atoms with E-state index in [1.165, 1.54) is 18.2 Å². The zero-order valence-corrected chi connectivity index (χ0v) is 14.3. The lowest BCUT2D eigenvalue weighted by Crippen LogP contribution is -2.16. The highest BCUT2D eigenvalue weighted by atomic mass is 31.2. The summed E-state index contributed by atoms with van der Waals surface area (Å²) in [6, 6.07) is 12.6. The monoisotopic (exact) mass is 337 g/mol. The first kappa shape index (κ1) is 17.7. The van der Waals surface area contributed by atoms with E-state index in [9.17, 15) is 14.1 Å². The smallest absolute Gasteiger partial charge is 0.264 e. The summed E-state index contributed by atoms with van der Waals surface area (Å²) < 4.78 is 32.7. The molecular formula is C17H21FNO3P. The molecule has 0 amide bonds. The van der Waals surface area contributed by atoms with Crippen LogP contribution in [-0.4, -0.2) is 25.8 Å². The van der Waals surface area contributed by atoms with Crippen molar-refractivity contribution in [1.29, 1.82) is 0 Å². The second-order valence-corrected chi connectivity index (χ2v) is 7.78. The summed E-state index contributed by atoms with van der Waals surface area (Å²) >= 11 is 0. The SMILES string of the molecule is CCO[P@@](=O)(c1ccc(N(C)C)cc1)[C@@H](O)c1ccccc1F. The second-order valence-electron chi connectivity index (χ2n) is 5.32. The molecule has 2 aromatic carbocycles. The molecule has 1 N–H and O–H groups in total. The maximum absolute atomic E-state index is 14.0. The highest BCUT2D eigenvalue weighted by molar-refractivity contribution is 7.67. The van der Waals surface area contributed by atoms with Crippen LogP contribution in [0.1, 0.15) is 18.3 Å². The molecule has 0 aromatic heterocycles. The maximum Gasteiger partial charge on any atom is 0.264 e. The molecule has 0 aliphatic carbocycles. The molecule has 0 saturated heterocycles. The third-order valence-electron chi connectivity index (χ3n) is 3.55. The first-order valence-electron chi connectivity index (χ1n) is 7.35. The standard InChI is InChI=1S/C17H21FNO3P/c1-4-22-23(21,14-11-9-13(10-12-14)19(2)3)17(20)15-7-5-6-8-16(15)18/h5-12,17,20H,4H2,1-3H3/t17-,23+/m1/s1. The molecule has 0 bridgehead atoms. The van der Waals surface area contributed by atoms with Gasteiger partial charge in [0, 0.05) is 30.7 Å². The molecule has 0 fully saturated rings. The molecule has 0 spiro atoms. The van der Waals surface area contributed by atoms with Crippen molar-refractivity contribution >= 4 is 18.4 Å². The Morgan fingerprint density at radius 2 is 1.78 bits per heavy atom. The third-order valence-corrected chi connectivity index (χ3v) is 6.13. The lowest BCUT2D eigenvalue weighted by molar-refractivity contribution is 0.214. The van der Waals surface area contributed by atoms with Crippen LogP contribution in [0.25, 0.3) is 0 Å². The van der Waals surface area contributed by atoms with Crippen LogP contribution in [0.5, 0.6) is 0 Å². The number of aliphatic hydroxyl groups excluding tert-OH is 1. The van der Waals surface area contributed by atoms with Crippen molar-refractivity contribution in [2.45, 2.75) is 12.8 Å². The fourth-order valence-corrected chi connectivity index (χ4v) is 4.40. The van der Waals surface area contributed by atoms with Gasteiger partial charge in [0.1, 0.15) is 5.82 Å². The average Bonchev–Trinajstić information content (AvgIpc) is 2.55. The summed E-state index contributed by atoms with van der Waals surface area (Å²) in [6.07, 6.45) is 0. The van der Waals surface area contributed by atoms with Gasteiger partial charge in [0.25, 0.3) is 7.37 Å². The molecule has 2 rings (SSSR count). The van der Waals surface area contributed by atoms with Gasteiger partial charge >= 0.3 is 0 Å². The molecule has 2 atom stereocenters. The Hall–Kier alpha value is -1.68. The molecule has 0 aliphatic heterocycles. The van der Waals surface area contributed by atoms with Gasteiger partial charge in [-0.3, -0.25) is 4.57 Å². The topological polar surface area (TPSA) is 49.8 Å². The number of halogens is 1. The summed E-state index contributed by atoms with van der Waals surface area (Å²) in [5.74, 6) is -2.15. The number of hydrogen-bond donors (Lipinski definition) is 1. The number of aliphatic hydroxyl groups is 1. The van der Waals surface area contributed by atoms with E-state index in [2.05, 4.69) is 0 Å². The summed E-state index contributed by atoms with van der Waals surface area (Å²) in [7, 11) is 0.124. The Labute approximate surface area is 136 Å². The Morgan fingerprint density at radius 3 is 2.30 bits per heavy atom. The van der Waals surface area contributed by atoms with Crippen LogP contribution in [0.4, 0.5) is 10.1 Å². The zero-order chi connectivity index (χ0) is 17.0. The van der Waals surface area contributed by atoms with Crippen molar-refractivity contribution in [1.82, 2.24) is 0 Å². The van der Waals surface area contributed by atoms with Gasteiger partial charge in [0.05, 0.1) is 6.61 Å². The van der Waals surface area contributed by atoms with Crippen molar-refractivity contribution in [3.05, 3.63) is 59.9 Å². The third kappa shape index (κ3) is 3.63. The highest BCUT2D eigenvalue weighted by Crippen LogP contribution is 2.57. The Bertz CT molecular complexity index is 703. The minimum absolute atomic E-state index is 0.0269. The van der Waals surface area contributed by atoms with Crippen LogP contribution in [0.15, 0.2) is 48.5 Å². The van der Waals surface area contributed by atoms with Gasteiger partial charge in [-0.15, -0.1) is 0 Å². The first-order chi connectivity index (χ1) is 10.9. The van der Waals surface area contributed by atoms with Crippen molar-refractivity contribution < 1.29 is 18.6 Å². The quantitative estimate of drug-likeness (QED) is 0.820. The Balaban J connectivity index is 2.46. The van der Waals surface area contributed by atoms with Crippen molar-refractivity contribution in [3.8, 4) is 0 Å². The molecule has 23 heavy (non-hydrogen) atoms. The van der Waals surface area contributed by atoms with E-state index in [0.29, 0.717) is 5.30 Å². The molecule has 4 nitrogen and oxygen atoms in total. The van der Waals surface area contributed by atoms with E-state index < -0.39 is 19.0 Å². The number of nitrogens with zero attached hydrogens (tertiary/aromatic N) is 1. The average molecular weight is 337 g/mol. The lowest BCUT2D eigenvalue weighted by Gasteiger charge is -2.24. The van der Waals surface area contributed by atoms with E-state index in [1.807, 2.05) is 19.0 Å². The van der Waals surface area contributed by atoms with Crippen LogP contribution >= 0.6 is 7.37 Å². The molecule has 0 heterocycles. The van der Waals surface area contributed by atoms with Crippen molar-refractivity contribution in [3.63, 3.8) is 0 Å². The predicted molar refractivity (Wildman–Crippen MR) is 91.0 cm³/mol. The first-order valence-corrected chi connectivity index (χ1v) is 9.04. The van der Waals surface area contributed by atoms with Gasteiger partial charge in [-0.1, -0.05) is 18.2 Å². The van der Waals surface area contributed by atoms with E-state index in [1.54, 1.807) is 37.3 Å². The molecule has 124 valence electrons. The van der Waals surface area contributed by atoms with Crippen molar-refractivity contribution in [2.24, 2.45) is 0 Å².